The number of nitrogens with zero attached hydrogens (tertiary/aromatic N) is 2. The van der Waals surface area contributed by atoms with Gasteiger partial charge in [0.2, 0.25) is 11.8 Å². The molecule has 0 saturated carbocycles. The molecule has 1 saturated heterocycles. The van der Waals surface area contributed by atoms with Gasteiger partial charge in [-0.1, -0.05) is 48.6 Å². The number of carbonyl (C=O) groups is 2. The molecule has 4 rings (SSSR count). The number of aliphatic hydroxyl groups excluding tert-OH is 6. The van der Waals surface area contributed by atoms with Gasteiger partial charge in [0.25, 0.3) is 0 Å². The summed E-state index contributed by atoms with van der Waals surface area (Å²) in [7, 11) is 1.45. The van der Waals surface area contributed by atoms with Crippen LogP contribution in [0.3, 0.4) is 0 Å². The van der Waals surface area contributed by atoms with Crippen LogP contribution in [0.5, 0.6) is 0 Å². The molecule has 1 heterocycles. The van der Waals surface area contributed by atoms with E-state index in [1.807, 2.05) is 36.4 Å². The molecule has 1 aliphatic heterocycles. The van der Waals surface area contributed by atoms with Gasteiger partial charge >= 0.3 is 0 Å². The van der Waals surface area contributed by atoms with Crippen LogP contribution in [0.15, 0.2) is 78.9 Å². The van der Waals surface area contributed by atoms with Crippen molar-refractivity contribution in [2.45, 2.75) is 68.7 Å². The van der Waals surface area contributed by atoms with Gasteiger partial charge in [-0.15, -0.1) is 0 Å². The van der Waals surface area contributed by atoms with Gasteiger partial charge in [0, 0.05) is 25.7 Å². The normalized spacial score (nSPS) is 19.3. The second-order valence-electron chi connectivity index (χ2n) is 12.4. The third-order valence-electron chi connectivity index (χ3n) is 8.89. The van der Waals surface area contributed by atoms with Crippen molar-refractivity contribution in [3.8, 4) is 0 Å². The van der Waals surface area contributed by atoms with Gasteiger partial charge in [0.1, 0.15) is 36.1 Å². The Morgan fingerprint density at radius 2 is 1.47 bits per heavy atom. The molecule has 0 aromatic heterocycles. The van der Waals surface area contributed by atoms with Crippen molar-refractivity contribution in [3.05, 3.63) is 107 Å². The Bertz CT molecular complexity index is 1540. The molecule has 12 heteroatoms. The number of rotatable bonds is 17. The fraction of sp³-hybridized carbons (Fsp3) is 0.405. The maximum absolute atomic E-state index is 13.6. The minimum Gasteiger partial charge on any atom is -0.394 e. The van der Waals surface area contributed by atoms with Crippen LogP contribution in [0.25, 0.3) is 6.08 Å². The second-order valence-corrected chi connectivity index (χ2v) is 12.4. The maximum atomic E-state index is 13.6. The van der Waals surface area contributed by atoms with Crippen LogP contribution in [-0.4, -0.2) is 92.0 Å². The fourth-order valence-electron chi connectivity index (χ4n) is 5.93. The molecule has 1 aliphatic rings. The highest BCUT2D eigenvalue weighted by molar-refractivity contribution is 6.03. The molecule has 10 nitrogen and oxygen atoms in total. The van der Waals surface area contributed by atoms with E-state index in [0.717, 1.165) is 11.1 Å². The molecule has 2 amide bonds. The summed E-state index contributed by atoms with van der Waals surface area (Å²) in [5, 5.41) is 58.9. The zero-order chi connectivity index (χ0) is 35.7. The summed E-state index contributed by atoms with van der Waals surface area (Å²) in [5.74, 6) is -1.63. The molecule has 3 aromatic carbocycles. The number of likely N-dealkylation sites (N-methyl/N-ethyl adjacent to an activating group) is 1. The smallest absolute Gasteiger partial charge is 0.233 e. The Hall–Kier alpha value is -4.04. The Morgan fingerprint density at radius 3 is 2.08 bits per heavy atom. The predicted octanol–water partition coefficient (Wildman–Crippen LogP) is 3.26. The van der Waals surface area contributed by atoms with E-state index in [1.54, 1.807) is 17.0 Å². The van der Waals surface area contributed by atoms with Crippen molar-refractivity contribution >= 4 is 23.6 Å². The number of hydrogen-bond acceptors (Lipinski definition) is 8. The number of allylic oxidation sites excluding steroid dienone is 1. The molecule has 0 aliphatic carbocycles. The number of anilines is 1. The lowest BCUT2D eigenvalue weighted by atomic mass is 9.78. The van der Waals surface area contributed by atoms with Gasteiger partial charge in [-0.3, -0.25) is 9.59 Å². The van der Waals surface area contributed by atoms with Gasteiger partial charge < -0.3 is 40.4 Å². The van der Waals surface area contributed by atoms with Crippen LogP contribution in [0.1, 0.15) is 60.9 Å². The Labute approximate surface area is 284 Å². The molecule has 7 atom stereocenters. The summed E-state index contributed by atoms with van der Waals surface area (Å²) >= 11 is 0. The van der Waals surface area contributed by atoms with Crippen molar-refractivity contribution in [3.63, 3.8) is 0 Å². The highest BCUT2D eigenvalue weighted by Crippen LogP contribution is 2.46. The lowest BCUT2D eigenvalue weighted by molar-refractivity contribution is -0.138. The second kappa shape index (κ2) is 17.6. The van der Waals surface area contributed by atoms with E-state index >= 15 is 0 Å². The van der Waals surface area contributed by atoms with E-state index in [2.05, 4.69) is 0 Å². The van der Waals surface area contributed by atoms with E-state index in [9.17, 15) is 43.9 Å². The van der Waals surface area contributed by atoms with E-state index in [1.165, 1.54) is 48.3 Å². The van der Waals surface area contributed by atoms with Crippen molar-refractivity contribution in [2.24, 2.45) is 5.92 Å². The monoisotopic (exact) mass is 682 g/mol. The quantitative estimate of drug-likeness (QED) is 0.0935. The topological polar surface area (TPSA) is 162 Å². The SMILES string of the molecule is CN(CC(O)C(O)C(O)C(O)CO)C(=O)CCC/C=C/c1ccc(C2C(CCC(O)c3ccc(F)cc3)C(=O)N2c2ccc(F)cc2)cc1. The molecule has 0 spiro atoms. The standard InChI is InChI=1S/C37H44F2N2O8/c1-40(21-31(44)35(47)36(48)32(45)22-42)33(46)6-4-2-3-5-23-7-9-25(10-8-23)34-29(19-20-30(43)24-11-13-26(38)14-12-24)37(49)41(34)28-17-15-27(39)16-18-28/h3,5,7-18,29-32,34-36,42-45,47-48H,2,4,6,19-22H2,1H3/b5-3+. The first-order chi connectivity index (χ1) is 23.4. The Balaban J connectivity index is 1.32. The van der Waals surface area contributed by atoms with Crippen molar-refractivity contribution in [1.29, 1.82) is 0 Å². The minimum absolute atomic E-state index is 0.129. The fourth-order valence-corrected chi connectivity index (χ4v) is 5.93. The third kappa shape index (κ3) is 9.78. The summed E-state index contributed by atoms with van der Waals surface area (Å²) in [6.07, 6.45) is -1.69. The predicted molar refractivity (Wildman–Crippen MR) is 179 cm³/mol. The molecular weight excluding hydrogens is 638 g/mol. The highest BCUT2D eigenvalue weighted by atomic mass is 19.1. The van der Waals surface area contributed by atoms with Gasteiger partial charge in [0.15, 0.2) is 0 Å². The highest BCUT2D eigenvalue weighted by Gasteiger charge is 2.48. The van der Waals surface area contributed by atoms with Crippen LogP contribution in [0.4, 0.5) is 14.5 Å². The molecule has 3 aromatic rings. The molecule has 0 bridgehead atoms. The van der Waals surface area contributed by atoms with E-state index in [-0.39, 0.29) is 30.8 Å². The van der Waals surface area contributed by atoms with Gasteiger partial charge in [-0.05, 0) is 78.8 Å². The summed E-state index contributed by atoms with van der Waals surface area (Å²) in [6.45, 7) is -1.05. The summed E-state index contributed by atoms with van der Waals surface area (Å²) in [4.78, 5) is 28.7. The summed E-state index contributed by atoms with van der Waals surface area (Å²) in [5.41, 5.74) is 2.91. The Kier molecular flexibility index (Phi) is 13.5. The van der Waals surface area contributed by atoms with Gasteiger partial charge in [-0.25, -0.2) is 8.78 Å². The number of halogens is 2. The average Bonchev–Trinajstić information content (AvgIpc) is 3.10. The zero-order valence-corrected chi connectivity index (χ0v) is 27.2. The molecule has 264 valence electrons. The van der Waals surface area contributed by atoms with Crippen LogP contribution >= 0.6 is 0 Å². The first-order valence-electron chi connectivity index (χ1n) is 16.3. The number of amides is 2. The maximum Gasteiger partial charge on any atom is 0.233 e. The number of β-lactam (4-membered cyclic amide) rings is 1. The number of unbranched alkanes of at least 4 members (excludes halogenated alkanes) is 1. The summed E-state index contributed by atoms with van der Waals surface area (Å²) < 4.78 is 27.0. The first-order valence-corrected chi connectivity index (χ1v) is 16.3. The number of benzene rings is 3. The van der Waals surface area contributed by atoms with Crippen LogP contribution < -0.4 is 4.90 Å². The largest absolute Gasteiger partial charge is 0.394 e. The third-order valence-corrected chi connectivity index (χ3v) is 8.89. The molecule has 6 N–H and O–H groups in total. The van der Waals surface area contributed by atoms with Gasteiger partial charge in [-0.2, -0.15) is 0 Å². The lowest BCUT2D eigenvalue weighted by Crippen LogP contribution is -2.55. The van der Waals surface area contributed by atoms with Crippen LogP contribution in [0.2, 0.25) is 0 Å². The van der Waals surface area contributed by atoms with E-state index in [0.29, 0.717) is 36.9 Å². The molecule has 49 heavy (non-hydrogen) atoms. The molecule has 7 unspecified atom stereocenters. The average molecular weight is 683 g/mol. The lowest BCUT2D eigenvalue weighted by Gasteiger charge is -2.48. The molecule has 0 radical (unpaired) electrons. The van der Waals surface area contributed by atoms with E-state index < -0.39 is 54.7 Å². The summed E-state index contributed by atoms with van der Waals surface area (Å²) in [6, 6.07) is 18.7. The zero-order valence-electron chi connectivity index (χ0n) is 27.2. The van der Waals surface area contributed by atoms with Crippen molar-refractivity contribution < 1.29 is 49.0 Å². The number of aliphatic hydroxyl groups is 6. The van der Waals surface area contributed by atoms with Crippen LogP contribution in [-0.2, 0) is 9.59 Å². The van der Waals surface area contributed by atoms with Crippen LogP contribution in [0, 0.1) is 17.6 Å². The van der Waals surface area contributed by atoms with Crippen molar-refractivity contribution in [1.82, 2.24) is 4.90 Å². The molecular formula is C37H44F2N2O8. The molecule has 1 fully saturated rings. The Morgan fingerprint density at radius 1 is 0.878 bits per heavy atom. The van der Waals surface area contributed by atoms with Gasteiger partial charge in [0.05, 0.1) is 24.7 Å². The van der Waals surface area contributed by atoms with E-state index in [4.69, 9.17) is 5.11 Å². The number of hydrogen-bond donors (Lipinski definition) is 6. The number of carbonyl (C=O) groups excluding carboxylic acids is 2. The minimum atomic E-state index is -1.76. The first kappa shape index (κ1) is 37.8. The van der Waals surface area contributed by atoms with Crippen molar-refractivity contribution in [2.75, 3.05) is 25.1 Å².